The van der Waals surface area contributed by atoms with Gasteiger partial charge in [0.15, 0.2) is 0 Å². The highest BCUT2D eigenvalue weighted by molar-refractivity contribution is 9.10. The summed E-state index contributed by atoms with van der Waals surface area (Å²) in [5.41, 5.74) is 1.37. The molecular weight excluding hydrogens is 338 g/mol. The molecule has 1 aromatic heterocycles. The normalized spacial score (nSPS) is 12.6. The van der Waals surface area contributed by atoms with Crippen LogP contribution in [0.3, 0.4) is 0 Å². The SMILES string of the molecule is CCCNC(C)c1ccc(Br)cc1Sc1cccs1. The highest BCUT2D eigenvalue weighted by Crippen LogP contribution is 2.37. The molecule has 0 fully saturated rings. The fourth-order valence-electron chi connectivity index (χ4n) is 1.86. The first kappa shape index (κ1) is 15.1. The molecule has 0 radical (unpaired) electrons. The minimum atomic E-state index is 0.385. The minimum Gasteiger partial charge on any atom is -0.310 e. The molecule has 1 atom stereocenters. The fourth-order valence-corrected chi connectivity index (χ4v) is 4.36. The lowest BCUT2D eigenvalue weighted by atomic mass is 10.1. The van der Waals surface area contributed by atoms with Crippen molar-refractivity contribution < 1.29 is 0 Å². The van der Waals surface area contributed by atoms with Gasteiger partial charge in [-0.05, 0) is 49.0 Å². The Hall–Kier alpha value is -0.290. The Kier molecular flexibility index (Phi) is 5.95. The zero-order valence-electron chi connectivity index (χ0n) is 11.2. The van der Waals surface area contributed by atoms with E-state index in [0.29, 0.717) is 6.04 Å². The quantitative estimate of drug-likeness (QED) is 0.710. The summed E-state index contributed by atoms with van der Waals surface area (Å²) in [6.45, 7) is 5.49. The van der Waals surface area contributed by atoms with Crippen molar-refractivity contribution in [2.75, 3.05) is 6.54 Å². The van der Waals surface area contributed by atoms with Crippen LogP contribution in [0.4, 0.5) is 0 Å². The van der Waals surface area contributed by atoms with Crippen LogP contribution in [0.5, 0.6) is 0 Å². The van der Waals surface area contributed by atoms with Crippen molar-refractivity contribution >= 4 is 39.0 Å². The molecule has 1 heterocycles. The van der Waals surface area contributed by atoms with Gasteiger partial charge in [-0.25, -0.2) is 0 Å². The molecule has 0 bridgehead atoms. The molecule has 4 heteroatoms. The summed E-state index contributed by atoms with van der Waals surface area (Å²) >= 11 is 7.21. The first-order chi connectivity index (χ1) is 9.20. The Morgan fingerprint density at radius 2 is 2.21 bits per heavy atom. The fraction of sp³-hybridized carbons (Fsp3) is 0.333. The van der Waals surface area contributed by atoms with E-state index in [9.17, 15) is 0 Å². The van der Waals surface area contributed by atoms with Crippen molar-refractivity contribution in [1.82, 2.24) is 5.32 Å². The third-order valence-electron chi connectivity index (χ3n) is 2.85. The van der Waals surface area contributed by atoms with Crippen molar-refractivity contribution in [3.8, 4) is 0 Å². The molecule has 0 saturated carbocycles. The van der Waals surface area contributed by atoms with Crippen molar-refractivity contribution in [2.45, 2.75) is 35.4 Å². The predicted molar refractivity (Wildman–Crippen MR) is 89.3 cm³/mol. The zero-order valence-corrected chi connectivity index (χ0v) is 14.4. The Morgan fingerprint density at radius 3 is 2.89 bits per heavy atom. The van der Waals surface area contributed by atoms with Gasteiger partial charge in [-0.3, -0.25) is 0 Å². The Bertz CT molecular complexity index is 511. The van der Waals surface area contributed by atoms with E-state index in [4.69, 9.17) is 0 Å². The van der Waals surface area contributed by atoms with Gasteiger partial charge in [-0.1, -0.05) is 46.7 Å². The third kappa shape index (κ3) is 4.35. The molecule has 1 nitrogen and oxygen atoms in total. The van der Waals surface area contributed by atoms with Crippen molar-refractivity contribution in [2.24, 2.45) is 0 Å². The van der Waals surface area contributed by atoms with Gasteiger partial charge < -0.3 is 5.32 Å². The number of hydrogen-bond acceptors (Lipinski definition) is 3. The van der Waals surface area contributed by atoms with E-state index in [0.717, 1.165) is 17.4 Å². The van der Waals surface area contributed by atoms with E-state index in [1.165, 1.54) is 14.7 Å². The second kappa shape index (κ2) is 7.48. The van der Waals surface area contributed by atoms with Crippen molar-refractivity contribution in [3.05, 3.63) is 45.7 Å². The van der Waals surface area contributed by atoms with Gasteiger partial charge in [0.2, 0.25) is 0 Å². The molecule has 0 aliphatic carbocycles. The number of nitrogens with one attached hydrogen (secondary N) is 1. The second-order valence-corrected chi connectivity index (χ2v) is 7.60. The summed E-state index contributed by atoms with van der Waals surface area (Å²) in [7, 11) is 0. The van der Waals surface area contributed by atoms with E-state index in [1.54, 1.807) is 11.3 Å². The van der Waals surface area contributed by atoms with Crippen LogP contribution < -0.4 is 5.32 Å². The van der Waals surface area contributed by atoms with Crippen LogP contribution in [0.25, 0.3) is 0 Å². The molecular formula is C15H18BrNS2. The number of benzene rings is 1. The maximum absolute atomic E-state index is 3.57. The molecule has 0 aliphatic rings. The monoisotopic (exact) mass is 355 g/mol. The Balaban J connectivity index is 2.22. The van der Waals surface area contributed by atoms with Gasteiger partial charge in [-0.15, -0.1) is 11.3 Å². The molecule has 0 amide bonds. The lowest BCUT2D eigenvalue weighted by Crippen LogP contribution is -2.19. The maximum Gasteiger partial charge on any atom is 0.0646 e. The number of halogens is 1. The zero-order chi connectivity index (χ0) is 13.7. The molecule has 0 spiro atoms. The van der Waals surface area contributed by atoms with E-state index < -0.39 is 0 Å². The van der Waals surface area contributed by atoms with Gasteiger partial charge in [0.25, 0.3) is 0 Å². The maximum atomic E-state index is 3.57. The second-order valence-electron chi connectivity index (χ2n) is 4.39. The topological polar surface area (TPSA) is 12.0 Å². The first-order valence-corrected chi connectivity index (χ1v) is 8.93. The highest BCUT2D eigenvalue weighted by Gasteiger charge is 2.12. The Labute approximate surface area is 131 Å². The van der Waals surface area contributed by atoms with Gasteiger partial charge in [0.05, 0.1) is 4.21 Å². The van der Waals surface area contributed by atoms with E-state index in [1.807, 2.05) is 11.8 Å². The Morgan fingerprint density at radius 1 is 1.37 bits per heavy atom. The van der Waals surface area contributed by atoms with E-state index >= 15 is 0 Å². The number of thiophene rings is 1. The van der Waals surface area contributed by atoms with Crippen molar-refractivity contribution in [3.63, 3.8) is 0 Å². The summed E-state index contributed by atoms with van der Waals surface area (Å²) in [5.74, 6) is 0. The van der Waals surface area contributed by atoms with Gasteiger partial charge in [0.1, 0.15) is 0 Å². The predicted octanol–water partition coefficient (Wildman–Crippen LogP) is 5.72. The van der Waals surface area contributed by atoms with Crippen LogP contribution in [0.2, 0.25) is 0 Å². The van der Waals surface area contributed by atoms with Gasteiger partial charge in [0, 0.05) is 15.4 Å². The summed E-state index contributed by atoms with van der Waals surface area (Å²) in [6.07, 6.45) is 1.16. The summed E-state index contributed by atoms with van der Waals surface area (Å²) in [5, 5.41) is 5.69. The first-order valence-electron chi connectivity index (χ1n) is 6.45. The van der Waals surface area contributed by atoms with Crippen molar-refractivity contribution in [1.29, 1.82) is 0 Å². The molecule has 102 valence electrons. The molecule has 1 aromatic carbocycles. The summed E-state index contributed by atoms with van der Waals surface area (Å²) in [4.78, 5) is 1.33. The number of hydrogen-bond donors (Lipinski definition) is 1. The smallest absolute Gasteiger partial charge is 0.0646 e. The largest absolute Gasteiger partial charge is 0.310 e. The summed E-state index contributed by atoms with van der Waals surface area (Å²) < 4.78 is 2.47. The van der Waals surface area contributed by atoms with Crippen LogP contribution in [0.15, 0.2) is 49.3 Å². The number of rotatable bonds is 6. The highest BCUT2D eigenvalue weighted by atomic mass is 79.9. The van der Waals surface area contributed by atoms with E-state index in [2.05, 4.69) is 70.8 Å². The average Bonchev–Trinajstić information content (AvgIpc) is 2.89. The van der Waals surface area contributed by atoms with Crippen LogP contribution >= 0.6 is 39.0 Å². The van der Waals surface area contributed by atoms with Gasteiger partial charge >= 0.3 is 0 Å². The molecule has 0 aliphatic heterocycles. The van der Waals surface area contributed by atoms with Gasteiger partial charge in [-0.2, -0.15) is 0 Å². The molecule has 19 heavy (non-hydrogen) atoms. The van der Waals surface area contributed by atoms with Crippen LogP contribution in [-0.2, 0) is 0 Å². The van der Waals surface area contributed by atoms with E-state index in [-0.39, 0.29) is 0 Å². The van der Waals surface area contributed by atoms with Crippen LogP contribution in [0.1, 0.15) is 31.9 Å². The van der Waals surface area contributed by atoms with Crippen LogP contribution in [0, 0.1) is 0 Å². The molecule has 1 N–H and O–H groups in total. The molecule has 1 unspecified atom stereocenters. The average molecular weight is 356 g/mol. The molecule has 0 saturated heterocycles. The minimum absolute atomic E-state index is 0.385. The molecule has 2 aromatic rings. The standard InChI is InChI=1S/C15H18BrNS2/c1-3-8-17-11(2)13-7-6-12(16)10-14(13)19-15-5-4-9-18-15/h4-7,9-11,17H,3,8H2,1-2H3. The lowest BCUT2D eigenvalue weighted by Gasteiger charge is -2.17. The molecule has 2 rings (SSSR count). The lowest BCUT2D eigenvalue weighted by molar-refractivity contribution is 0.564. The van der Waals surface area contributed by atoms with Crippen LogP contribution in [-0.4, -0.2) is 6.54 Å². The summed E-state index contributed by atoms with van der Waals surface area (Å²) in [6, 6.07) is 11.2. The third-order valence-corrected chi connectivity index (χ3v) is 5.45.